The van der Waals surface area contributed by atoms with Crippen molar-refractivity contribution in [2.24, 2.45) is 71.0 Å². The van der Waals surface area contributed by atoms with Gasteiger partial charge in [-0.1, -0.05) is 0 Å². The normalized spacial score (nSPS) is 67.7. The van der Waals surface area contributed by atoms with Crippen LogP contribution in [-0.4, -0.2) is 0 Å². The Hall–Kier alpha value is 0.532. The van der Waals surface area contributed by atoms with Gasteiger partial charge in [0.05, 0.1) is 0 Å². The van der Waals surface area contributed by atoms with Crippen LogP contribution < -0.4 is 0 Å². The summed E-state index contributed by atoms with van der Waals surface area (Å²) in [6, 6.07) is 0. The average molecular weight is 545 g/mol. The third-order valence-electron chi connectivity index (χ3n) is 17.0. The van der Waals surface area contributed by atoms with Crippen molar-refractivity contribution < 1.29 is 13.1 Å². The van der Waals surface area contributed by atoms with E-state index in [9.17, 15) is 0 Å². The number of hydrogen-bond acceptors (Lipinski definition) is 0. The van der Waals surface area contributed by atoms with Crippen molar-refractivity contribution in [2.75, 3.05) is 0 Å². The zero-order chi connectivity index (χ0) is 25.9. The molecule has 0 aromatic carbocycles. The van der Waals surface area contributed by atoms with E-state index in [0.29, 0.717) is 0 Å². The van der Waals surface area contributed by atoms with E-state index in [2.05, 4.69) is 55.4 Å². The van der Waals surface area contributed by atoms with Gasteiger partial charge in [0.2, 0.25) is 0 Å². The zero-order valence-electron chi connectivity index (χ0n) is 25.8. The van der Waals surface area contributed by atoms with Gasteiger partial charge in [-0.3, -0.25) is 0 Å². The van der Waals surface area contributed by atoms with Crippen LogP contribution in [0.3, 0.4) is 0 Å². The van der Waals surface area contributed by atoms with Crippen LogP contribution in [-0.2, 0) is 13.1 Å². The van der Waals surface area contributed by atoms with Gasteiger partial charge in [-0.2, -0.15) is 0 Å². The van der Waals surface area contributed by atoms with Crippen LogP contribution in [0.25, 0.3) is 0 Å². The Kier molecular flexibility index (Phi) is 5.11. The van der Waals surface area contributed by atoms with E-state index in [0.717, 1.165) is 88.1 Å². The molecule has 0 heterocycles. The second-order valence-electron chi connectivity index (χ2n) is 18.0. The Morgan fingerprint density at radius 2 is 0.568 bits per heavy atom. The van der Waals surface area contributed by atoms with Crippen molar-refractivity contribution in [3.63, 3.8) is 0 Å². The predicted octanol–water partition coefficient (Wildman–Crippen LogP) is 11.1. The molecule has 8 saturated carbocycles. The number of rotatable bonds is 4. The summed E-state index contributed by atoms with van der Waals surface area (Å²) < 4.78 is 3.09. The second-order valence-corrected chi connectivity index (χ2v) is 25.0. The molecule has 0 spiro atoms. The van der Waals surface area contributed by atoms with Crippen molar-refractivity contribution in [1.29, 1.82) is 0 Å². The number of hydrogen-bond donors (Lipinski definition) is 0. The van der Waals surface area contributed by atoms with Gasteiger partial charge in [0.15, 0.2) is 0 Å². The van der Waals surface area contributed by atoms with Gasteiger partial charge >= 0.3 is 234 Å². The minimum absolute atomic E-state index is 0.772. The predicted molar refractivity (Wildman–Crippen MR) is 153 cm³/mol. The van der Waals surface area contributed by atoms with E-state index < -0.39 is 13.1 Å². The first kappa shape index (κ1) is 25.3. The van der Waals surface area contributed by atoms with Crippen molar-refractivity contribution in [1.82, 2.24) is 0 Å². The molecular formula is C36H60Cr. The fourth-order valence-corrected chi connectivity index (χ4v) is 34.0. The molecule has 0 amide bonds. The molecule has 0 saturated heterocycles. The van der Waals surface area contributed by atoms with Crippen LogP contribution in [0.1, 0.15) is 132 Å². The molecule has 37 heavy (non-hydrogen) atoms. The van der Waals surface area contributed by atoms with Gasteiger partial charge in [0.1, 0.15) is 0 Å². The Labute approximate surface area is 233 Å². The van der Waals surface area contributed by atoms with Crippen LogP contribution in [0.5, 0.6) is 0 Å². The monoisotopic (exact) mass is 544 g/mol. The summed E-state index contributed by atoms with van der Waals surface area (Å²) in [6.07, 6.45) is 19.9. The first-order chi connectivity index (χ1) is 17.5. The summed E-state index contributed by atoms with van der Waals surface area (Å²) >= 11 is -2.23. The maximum absolute atomic E-state index is 2.86. The Morgan fingerprint density at radius 3 is 0.730 bits per heavy atom. The van der Waals surface area contributed by atoms with E-state index in [-0.39, 0.29) is 0 Å². The molecular weight excluding hydrogens is 484 g/mol. The molecule has 8 bridgehead atoms. The summed E-state index contributed by atoms with van der Waals surface area (Å²) in [6.45, 7) is 22.4. The maximum atomic E-state index is 2.86. The van der Waals surface area contributed by atoms with Crippen LogP contribution in [0.4, 0.5) is 0 Å². The summed E-state index contributed by atoms with van der Waals surface area (Å²) in [7, 11) is 0. The molecule has 0 aromatic heterocycles. The summed E-state index contributed by atoms with van der Waals surface area (Å²) in [5, 5.41) is 0. The first-order valence-corrected chi connectivity index (χ1v) is 19.8. The quantitative estimate of drug-likeness (QED) is 0.330. The van der Waals surface area contributed by atoms with Crippen molar-refractivity contribution in [3.05, 3.63) is 0 Å². The standard InChI is InChI=1S/4C9H15.Cr/c4*1-6-3-9-5-8(6)4-7(9)2;/h4*6-8H,3-5H2,1-2H3;. The molecule has 0 aromatic rings. The molecule has 8 fully saturated rings. The molecule has 0 radical (unpaired) electrons. The van der Waals surface area contributed by atoms with E-state index in [1.165, 1.54) is 0 Å². The molecule has 210 valence electrons. The molecule has 8 aliphatic rings. The third kappa shape index (κ3) is 2.48. The van der Waals surface area contributed by atoms with Gasteiger partial charge < -0.3 is 0 Å². The number of fused-ring (bicyclic) bond motifs is 8. The van der Waals surface area contributed by atoms with Crippen LogP contribution >= 0.6 is 0 Å². The molecule has 8 aliphatic carbocycles. The van der Waals surface area contributed by atoms with Gasteiger partial charge in [0.25, 0.3) is 0 Å². The Bertz CT molecular complexity index is 812. The Morgan fingerprint density at radius 1 is 0.351 bits per heavy atom. The first-order valence-electron chi connectivity index (χ1n) is 17.3. The zero-order valence-corrected chi connectivity index (χ0v) is 27.1. The SMILES string of the molecule is CC1C[C]2([Cr]([C]34CC(C)C(CC3C)C4)([C]34CC(C)C(CC3C)C4)[C]34CC(C)C(CC3C)C4)CC1CC2C. The molecule has 0 aliphatic heterocycles. The van der Waals surface area contributed by atoms with E-state index in [4.69, 9.17) is 0 Å². The fraction of sp³-hybridized carbons (Fsp3) is 1.00. The van der Waals surface area contributed by atoms with Gasteiger partial charge in [-0.25, -0.2) is 0 Å². The second kappa shape index (κ2) is 7.48. The molecule has 1 heteroatoms. The summed E-state index contributed by atoms with van der Waals surface area (Å²) in [5.41, 5.74) is 0. The van der Waals surface area contributed by atoms with E-state index in [1.807, 2.05) is 0 Å². The minimum atomic E-state index is -2.23. The van der Waals surface area contributed by atoms with Crippen LogP contribution in [0, 0.1) is 71.0 Å². The van der Waals surface area contributed by atoms with Crippen molar-refractivity contribution in [2.45, 2.75) is 150 Å². The molecule has 8 rings (SSSR count). The van der Waals surface area contributed by atoms with Crippen LogP contribution in [0.15, 0.2) is 0 Å². The van der Waals surface area contributed by atoms with E-state index >= 15 is 0 Å². The molecule has 16 atom stereocenters. The fourth-order valence-electron chi connectivity index (χ4n) is 15.9. The van der Waals surface area contributed by atoms with Crippen molar-refractivity contribution in [3.8, 4) is 0 Å². The topological polar surface area (TPSA) is 0 Å². The Balaban J connectivity index is 1.51. The average Bonchev–Trinajstić information content (AvgIpc) is 3.67. The summed E-state index contributed by atoms with van der Waals surface area (Å²) in [4.78, 5) is 0. The van der Waals surface area contributed by atoms with E-state index in [1.54, 1.807) is 77.0 Å². The molecule has 0 nitrogen and oxygen atoms in total. The van der Waals surface area contributed by atoms with Crippen LogP contribution in [0.2, 0.25) is 17.1 Å². The molecule has 0 N–H and O–H groups in total. The third-order valence-corrected chi connectivity index (χ3v) is 29.2. The summed E-state index contributed by atoms with van der Waals surface area (Å²) in [5.74, 6) is 12.4. The van der Waals surface area contributed by atoms with Gasteiger partial charge in [0, 0.05) is 0 Å². The van der Waals surface area contributed by atoms with Gasteiger partial charge in [-0.15, -0.1) is 0 Å². The van der Waals surface area contributed by atoms with Gasteiger partial charge in [-0.05, 0) is 0 Å². The van der Waals surface area contributed by atoms with Crippen molar-refractivity contribution >= 4 is 0 Å². The molecule has 16 unspecified atom stereocenters.